The van der Waals surface area contributed by atoms with Gasteiger partial charge in [0.2, 0.25) is 0 Å². The normalized spacial score (nSPS) is 13.8. The maximum absolute atomic E-state index is 11.5. The van der Waals surface area contributed by atoms with E-state index in [2.05, 4.69) is 0 Å². The minimum absolute atomic E-state index is 0.142. The van der Waals surface area contributed by atoms with E-state index < -0.39 is 0 Å². The van der Waals surface area contributed by atoms with Gasteiger partial charge in [-0.3, -0.25) is 9.59 Å². The zero-order chi connectivity index (χ0) is 11.5. The zero-order valence-corrected chi connectivity index (χ0v) is 8.60. The number of allylic oxidation sites excluding steroid dienone is 2. The van der Waals surface area contributed by atoms with E-state index in [1.165, 1.54) is 12.2 Å². The molecular formula is C13H10O3. The lowest BCUT2D eigenvalue weighted by molar-refractivity contribution is -0.107. The van der Waals surface area contributed by atoms with Crippen LogP contribution in [0, 0.1) is 0 Å². The Bertz CT molecular complexity index is 498. The van der Waals surface area contributed by atoms with E-state index in [-0.39, 0.29) is 11.6 Å². The van der Waals surface area contributed by atoms with Crippen molar-refractivity contribution < 1.29 is 14.4 Å². The molecule has 0 atom stereocenters. The average Bonchev–Trinajstić information content (AvgIpc) is 2.31. The fourth-order valence-electron chi connectivity index (χ4n) is 1.72. The molecule has 0 saturated heterocycles. The molecule has 1 aliphatic carbocycles. The first kappa shape index (κ1) is 10.5. The van der Waals surface area contributed by atoms with Crippen molar-refractivity contribution in [2.75, 3.05) is 0 Å². The summed E-state index contributed by atoms with van der Waals surface area (Å²) in [5.41, 5.74) is 1.79. The van der Waals surface area contributed by atoms with Gasteiger partial charge in [-0.05, 0) is 30.2 Å². The molecule has 1 aromatic carbocycles. The Morgan fingerprint density at radius 1 is 1.00 bits per heavy atom. The van der Waals surface area contributed by atoms with E-state index in [4.69, 9.17) is 0 Å². The summed E-state index contributed by atoms with van der Waals surface area (Å²) in [4.78, 5) is 33.3. The van der Waals surface area contributed by atoms with E-state index in [1.54, 1.807) is 18.2 Å². The highest BCUT2D eigenvalue weighted by atomic mass is 16.1. The third kappa shape index (κ3) is 1.84. The summed E-state index contributed by atoms with van der Waals surface area (Å²) in [5.74, 6) is -0.293. The summed E-state index contributed by atoms with van der Waals surface area (Å²) in [6.07, 6.45) is 4.44. The SMILES string of the molecule is O=CCCc1ccc2c(c1)C(=O)C=CC2=O. The van der Waals surface area contributed by atoms with Crippen LogP contribution in [0.5, 0.6) is 0 Å². The quantitative estimate of drug-likeness (QED) is 0.720. The molecule has 0 bridgehead atoms. The second kappa shape index (κ2) is 4.23. The first-order valence-electron chi connectivity index (χ1n) is 5.05. The molecule has 0 unspecified atom stereocenters. The number of aldehydes is 1. The van der Waals surface area contributed by atoms with Gasteiger partial charge in [-0.1, -0.05) is 12.1 Å². The van der Waals surface area contributed by atoms with Gasteiger partial charge < -0.3 is 4.79 Å². The van der Waals surface area contributed by atoms with Crippen molar-refractivity contribution in [3.63, 3.8) is 0 Å². The summed E-state index contributed by atoms with van der Waals surface area (Å²) >= 11 is 0. The van der Waals surface area contributed by atoms with Gasteiger partial charge in [-0.15, -0.1) is 0 Å². The molecule has 0 fully saturated rings. The summed E-state index contributed by atoms with van der Waals surface area (Å²) in [6.45, 7) is 0. The molecule has 3 nitrogen and oxygen atoms in total. The van der Waals surface area contributed by atoms with Gasteiger partial charge in [0.15, 0.2) is 11.6 Å². The zero-order valence-electron chi connectivity index (χ0n) is 8.60. The number of rotatable bonds is 3. The standard InChI is InChI=1S/C13H10O3/c14-7-1-2-9-3-4-10-11(8-9)13(16)6-5-12(10)15/h3-8H,1-2H2. The molecule has 0 saturated carbocycles. The third-order valence-corrected chi connectivity index (χ3v) is 2.55. The van der Waals surface area contributed by atoms with Gasteiger partial charge in [-0.25, -0.2) is 0 Å². The maximum atomic E-state index is 11.5. The van der Waals surface area contributed by atoms with Crippen LogP contribution in [-0.4, -0.2) is 17.9 Å². The van der Waals surface area contributed by atoms with Crippen LogP contribution in [-0.2, 0) is 11.2 Å². The molecular weight excluding hydrogens is 204 g/mol. The smallest absolute Gasteiger partial charge is 0.186 e. The summed E-state index contributed by atoms with van der Waals surface area (Å²) < 4.78 is 0. The number of hydrogen-bond acceptors (Lipinski definition) is 3. The Hall–Kier alpha value is -2.03. The lowest BCUT2D eigenvalue weighted by atomic mass is 9.92. The molecule has 16 heavy (non-hydrogen) atoms. The van der Waals surface area contributed by atoms with E-state index in [0.29, 0.717) is 24.0 Å². The lowest BCUT2D eigenvalue weighted by Gasteiger charge is -2.10. The molecule has 0 radical (unpaired) electrons. The third-order valence-electron chi connectivity index (χ3n) is 2.55. The highest BCUT2D eigenvalue weighted by Gasteiger charge is 2.18. The molecule has 0 amide bonds. The fourth-order valence-corrected chi connectivity index (χ4v) is 1.72. The van der Waals surface area contributed by atoms with Crippen LogP contribution in [0.15, 0.2) is 30.4 Å². The minimum Gasteiger partial charge on any atom is -0.303 e. The second-order valence-electron chi connectivity index (χ2n) is 3.65. The number of aryl methyl sites for hydroxylation is 1. The van der Waals surface area contributed by atoms with Crippen LogP contribution in [0.2, 0.25) is 0 Å². The highest BCUT2D eigenvalue weighted by molar-refractivity contribution is 6.22. The van der Waals surface area contributed by atoms with E-state index in [0.717, 1.165) is 11.8 Å². The Kier molecular flexibility index (Phi) is 2.77. The lowest BCUT2D eigenvalue weighted by Crippen LogP contribution is -2.11. The van der Waals surface area contributed by atoms with E-state index >= 15 is 0 Å². The Morgan fingerprint density at radius 3 is 2.38 bits per heavy atom. The molecule has 0 heterocycles. The fraction of sp³-hybridized carbons (Fsp3) is 0.154. The monoisotopic (exact) mass is 214 g/mol. The van der Waals surface area contributed by atoms with Gasteiger partial charge in [0.05, 0.1) is 0 Å². The summed E-state index contributed by atoms with van der Waals surface area (Å²) in [7, 11) is 0. The number of hydrogen-bond donors (Lipinski definition) is 0. The second-order valence-corrected chi connectivity index (χ2v) is 3.65. The molecule has 1 aliphatic rings. The van der Waals surface area contributed by atoms with E-state index in [9.17, 15) is 14.4 Å². The van der Waals surface area contributed by atoms with Crippen molar-refractivity contribution in [3.8, 4) is 0 Å². The number of benzene rings is 1. The maximum Gasteiger partial charge on any atom is 0.186 e. The molecule has 3 heteroatoms. The van der Waals surface area contributed by atoms with Gasteiger partial charge in [0.1, 0.15) is 6.29 Å². The molecule has 2 rings (SSSR count). The minimum atomic E-state index is -0.150. The van der Waals surface area contributed by atoms with Crippen molar-refractivity contribution in [2.45, 2.75) is 12.8 Å². The number of fused-ring (bicyclic) bond motifs is 1. The van der Waals surface area contributed by atoms with Crippen LogP contribution in [0.1, 0.15) is 32.7 Å². The predicted octanol–water partition coefficient (Wildman–Crippen LogP) is 1.75. The van der Waals surface area contributed by atoms with Gasteiger partial charge >= 0.3 is 0 Å². The van der Waals surface area contributed by atoms with Crippen molar-refractivity contribution in [1.82, 2.24) is 0 Å². The number of carbonyl (C=O) groups excluding carboxylic acids is 3. The average molecular weight is 214 g/mol. The van der Waals surface area contributed by atoms with Crippen molar-refractivity contribution in [1.29, 1.82) is 0 Å². The van der Waals surface area contributed by atoms with Crippen molar-refractivity contribution >= 4 is 17.9 Å². The van der Waals surface area contributed by atoms with Gasteiger partial charge in [0.25, 0.3) is 0 Å². The molecule has 0 aliphatic heterocycles. The van der Waals surface area contributed by atoms with Crippen LogP contribution in [0.3, 0.4) is 0 Å². The van der Waals surface area contributed by atoms with Crippen LogP contribution >= 0.6 is 0 Å². The van der Waals surface area contributed by atoms with Crippen LogP contribution in [0.25, 0.3) is 0 Å². The van der Waals surface area contributed by atoms with E-state index in [1.807, 2.05) is 0 Å². The largest absolute Gasteiger partial charge is 0.303 e. The number of ketones is 2. The van der Waals surface area contributed by atoms with Crippen LogP contribution in [0.4, 0.5) is 0 Å². The molecule has 0 N–H and O–H groups in total. The Labute approximate surface area is 92.8 Å². The summed E-state index contributed by atoms with van der Waals surface area (Å²) in [6, 6.07) is 5.13. The Balaban J connectivity index is 2.39. The van der Waals surface area contributed by atoms with Crippen LogP contribution < -0.4 is 0 Å². The Morgan fingerprint density at radius 2 is 1.69 bits per heavy atom. The van der Waals surface area contributed by atoms with Gasteiger partial charge in [-0.2, -0.15) is 0 Å². The highest BCUT2D eigenvalue weighted by Crippen LogP contribution is 2.19. The first-order chi connectivity index (χ1) is 7.72. The predicted molar refractivity (Wildman–Crippen MR) is 58.6 cm³/mol. The first-order valence-corrected chi connectivity index (χ1v) is 5.05. The molecule has 0 spiro atoms. The van der Waals surface area contributed by atoms with Gasteiger partial charge in [0, 0.05) is 17.5 Å². The van der Waals surface area contributed by atoms with Crippen molar-refractivity contribution in [3.05, 3.63) is 47.0 Å². The topological polar surface area (TPSA) is 51.2 Å². The molecule has 0 aromatic heterocycles. The summed E-state index contributed by atoms with van der Waals surface area (Å²) in [5, 5.41) is 0. The molecule has 80 valence electrons. The molecule has 1 aromatic rings. The van der Waals surface area contributed by atoms with Crippen molar-refractivity contribution in [2.24, 2.45) is 0 Å². The number of carbonyl (C=O) groups is 3.